The molecule has 1 heterocycles. The maximum absolute atomic E-state index is 12.8. The van der Waals surface area contributed by atoms with Gasteiger partial charge in [-0.3, -0.25) is 0 Å². The van der Waals surface area contributed by atoms with E-state index in [0.717, 1.165) is 5.56 Å². The molecule has 27 heavy (non-hydrogen) atoms. The molecule has 0 spiro atoms. The van der Waals surface area contributed by atoms with E-state index in [-0.39, 0.29) is 10.9 Å². The summed E-state index contributed by atoms with van der Waals surface area (Å²) in [6.45, 7) is 2.06. The van der Waals surface area contributed by atoms with Crippen molar-refractivity contribution in [1.29, 1.82) is 0 Å². The Morgan fingerprint density at radius 2 is 1.93 bits per heavy atom. The number of hydrogen-bond acceptors (Lipinski definition) is 5. The minimum Gasteiger partial charge on any atom is -0.497 e. The number of likely N-dealkylation sites (N-methyl/N-ethyl adjacent to an activating group) is 1. The number of benzene rings is 2. The molecule has 3 rings (SSSR count). The van der Waals surface area contributed by atoms with Crippen molar-refractivity contribution in [1.82, 2.24) is 9.62 Å². The van der Waals surface area contributed by atoms with E-state index >= 15 is 0 Å². The Labute approximate surface area is 164 Å². The number of sulfonamides is 1. The van der Waals surface area contributed by atoms with Crippen LogP contribution in [0.5, 0.6) is 5.75 Å². The van der Waals surface area contributed by atoms with Crippen LogP contribution in [0.25, 0.3) is 10.1 Å². The summed E-state index contributed by atoms with van der Waals surface area (Å²) < 4.78 is 34.8. The van der Waals surface area contributed by atoms with Crippen molar-refractivity contribution in [3.8, 4) is 5.75 Å². The Hall–Kier alpha value is -1.93. The Kier molecular flexibility index (Phi) is 5.86. The molecule has 2 aromatic carbocycles. The summed E-state index contributed by atoms with van der Waals surface area (Å²) in [5.74, 6) is 0.641. The molecular weight excluding hydrogens is 380 g/mol. The van der Waals surface area contributed by atoms with E-state index < -0.39 is 10.0 Å². The molecule has 0 fully saturated rings. The van der Waals surface area contributed by atoms with Crippen LogP contribution in [0.3, 0.4) is 0 Å². The number of nitrogens with zero attached hydrogens (tertiary/aromatic N) is 1. The van der Waals surface area contributed by atoms with Gasteiger partial charge in [0.1, 0.15) is 5.75 Å². The second-order valence-corrected chi connectivity index (χ2v) is 9.30. The van der Waals surface area contributed by atoms with Gasteiger partial charge in [-0.25, -0.2) is 13.1 Å². The lowest BCUT2D eigenvalue weighted by Gasteiger charge is -2.25. The van der Waals surface area contributed by atoms with Crippen LogP contribution in [0.4, 0.5) is 0 Å². The lowest BCUT2D eigenvalue weighted by Crippen LogP contribution is -2.34. The van der Waals surface area contributed by atoms with Gasteiger partial charge in [0.2, 0.25) is 10.0 Å². The first-order chi connectivity index (χ1) is 12.8. The molecule has 3 aromatic rings. The number of nitrogens with one attached hydrogen (secondary N) is 1. The lowest BCUT2D eigenvalue weighted by molar-refractivity contribution is 0.301. The van der Waals surface area contributed by atoms with Gasteiger partial charge < -0.3 is 9.64 Å². The Balaban J connectivity index is 1.86. The van der Waals surface area contributed by atoms with Gasteiger partial charge in [-0.2, -0.15) is 0 Å². The zero-order chi connectivity index (χ0) is 19.6. The number of thiophene rings is 1. The predicted molar refractivity (Wildman–Crippen MR) is 111 cm³/mol. The van der Waals surface area contributed by atoms with Crippen LogP contribution in [0.1, 0.15) is 17.2 Å². The second kappa shape index (κ2) is 7.98. The van der Waals surface area contributed by atoms with Gasteiger partial charge in [0, 0.05) is 17.3 Å². The number of hydrogen-bond donors (Lipinski definition) is 1. The molecule has 7 heteroatoms. The first kappa shape index (κ1) is 19.8. The topological polar surface area (TPSA) is 58.6 Å². The average molecular weight is 405 g/mol. The quantitative estimate of drug-likeness (QED) is 0.651. The van der Waals surface area contributed by atoms with Crippen LogP contribution in [-0.4, -0.2) is 41.1 Å². The highest BCUT2D eigenvalue weighted by Gasteiger charge is 2.23. The van der Waals surface area contributed by atoms with Crippen LogP contribution in [0.2, 0.25) is 0 Å². The molecule has 144 valence electrons. The third kappa shape index (κ3) is 4.16. The summed E-state index contributed by atoms with van der Waals surface area (Å²) in [6.07, 6.45) is 0. The average Bonchev–Trinajstić information content (AvgIpc) is 3.05. The van der Waals surface area contributed by atoms with Gasteiger partial charge >= 0.3 is 0 Å². The van der Waals surface area contributed by atoms with Crippen molar-refractivity contribution in [3.63, 3.8) is 0 Å². The molecule has 0 aliphatic carbocycles. The molecule has 0 amide bonds. The van der Waals surface area contributed by atoms with Crippen LogP contribution in [0, 0.1) is 6.92 Å². The van der Waals surface area contributed by atoms with Crippen molar-refractivity contribution in [2.45, 2.75) is 17.9 Å². The summed E-state index contributed by atoms with van der Waals surface area (Å²) in [5.41, 5.74) is 1.79. The van der Waals surface area contributed by atoms with Crippen molar-refractivity contribution in [3.05, 3.63) is 59.0 Å². The fraction of sp³-hybridized carbons (Fsp3) is 0.300. The van der Waals surface area contributed by atoms with E-state index in [1.165, 1.54) is 10.1 Å². The SMILES string of the molecule is COc1ccc(S(=O)(=O)NCC(c2csc3ccccc23)N(C)C)c(C)c1. The minimum atomic E-state index is -3.62. The van der Waals surface area contributed by atoms with Crippen molar-refractivity contribution >= 4 is 31.4 Å². The number of rotatable bonds is 7. The highest BCUT2D eigenvalue weighted by Crippen LogP contribution is 2.32. The van der Waals surface area contributed by atoms with E-state index in [1.54, 1.807) is 43.6 Å². The molecule has 1 N–H and O–H groups in total. The Morgan fingerprint density at radius 1 is 1.19 bits per heavy atom. The van der Waals surface area contributed by atoms with Gasteiger partial charge in [0.15, 0.2) is 0 Å². The van der Waals surface area contributed by atoms with Crippen molar-refractivity contribution in [2.75, 3.05) is 27.7 Å². The lowest BCUT2D eigenvalue weighted by atomic mass is 10.1. The van der Waals surface area contributed by atoms with E-state index in [2.05, 4.69) is 22.2 Å². The number of fused-ring (bicyclic) bond motifs is 1. The first-order valence-corrected chi connectivity index (χ1v) is 11.0. The van der Waals surface area contributed by atoms with Gasteiger partial charge in [-0.05, 0) is 67.2 Å². The molecule has 1 aromatic heterocycles. The van der Waals surface area contributed by atoms with E-state index in [0.29, 0.717) is 17.9 Å². The molecule has 1 atom stereocenters. The maximum atomic E-state index is 12.8. The largest absolute Gasteiger partial charge is 0.497 e. The van der Waals surface area contributed by atoms with Crippen LogP contribution >= 0.6 is 11.3 Å². The number of aryl methyl sites for hydroxylation is 1. The molecule has 0 saturated heterocycles. The highest BCUT2D eigenvalue weighted by atomic mass is 32.2. The molecule has 1 unspecified atom stereocenters. The van der Waals surface area contributed by atoms with Crippen molar-refractivity contribution in [2.24, 2.45) is 0 Å². The second-order valence-electron chi connectivity index (χ2n) is 6.65. The summed E-state index contributed by atoms with van der Waals surface area (Å²) in [4.78, 5) is 2.31. The fourth-order valence-corrected chi connectivity index (χ4v) is 5.41. The molecule has 5 nitrogen and oxygen atoms in total. The molecule has 0 bridgehead atoms. The van der Waals surface area contributed by atoms with Gasteiger partial charge in [-0.15, -0.1) is 11.3 Å². The maximum Gasteiger partial charge on any atom is 0.240 e. The molecular formula is C20H24N2O3S2. The molecule has 0 aliphatic rings. The van der Waals surface area contributed by atoms with E-state index in [9.17, 15) is 8.42 Å². The zero-order valence-corrected chi connectivity index (χ0v) is 17.5. The first-order valence-electron chi connectivity index (χ1n) is 8.60. The highest BCUT2D eigenvalue weighted by molar-refractivity contribution is 7.89. The van der Waals surface area contributed by atoms with Crippen molar-refractivity contribution < 1.29 is 13.2 Å². The fourth-order valence-electron chi connectivity index (χ4n) is 3.14. The summed E-state index contributed by atoms with van der Waals surface area (Å²) >= 11 is 1.68. The molecule has 0 aliphatic heterocycles. The van der Waals surface area contributed by atoms with E-state index in [1.807, 2.05) is 31.1 Å². The third-order valence-corrected chi connectivity index (χ3v) is 7.20. The summed E-state index contributed by atoms with van der Waals surface area (Å²) in [5, 5.41) is 3.28. The molecule has 0 saturated carbocycles. The zero-order valence-electron chi connectivity index (χ0n) is 15.9. The van der Waals surface area contributed by atoms with Gasteiger partial charge in [-0.1, -0.05) is 18.2 Å². The van der Waals surface area contributed by atoms with Crippen LogP contribution in [-0.2, 0) is 10.0 Å². The summed E-state index contributed by atoms with van der Waals surface area (Å²) in [7, 11) is 1.87. The number of methoxy groups -OCH3 is 1. The molecule has 0 radical (unpaired) electrons. The van der Waals surface area contributed by atoms with Gasteiger partial charge in [0.25, 0.3) is 0 Å². The van der Waals surface area contributed by atoms with Gasteiger partial charge in [0.05, 0.1) is 12.0 Å². The Bertz CT molecular complexity index is 1040. The standard InChI is InChI=1S/C20H24N2O3S2/c1-14-11-15(25-4)9-10-20(14)27(23,24)21-12-18(22(2)3)17-13-26-19-8-6-5-7-16(17)19/h5-11,13,18,21H,12H2,1-4H3. The monoisotopic (exact) mass is 404 g/mol. The minimum absolute atomic E-state index is 0.0607. The van der Waals surface area contributed by atoms with Crippen LogP contribution < -0.4 is 9.46 Å². The predicted octanol–water partition coefficient (Wildman–Crippen LogP) is 3.80. The Morgan fingerprint density at radius 3 is 2.59 bits per heavy atom. The van der Waals surface area contributed by atoms with Crippen LogP contribution in [0.15, 0.2) is 52.7 Å². The smallest absolute Gasteiger partial charge is 0.240 e. The number of ether oxygens (including phenoxy) is 1. The third-order valence-electron chi connectivity index (χ3n) is 4.63. The normalized spacial score (nSPS) is 13.2. The van der Waals surface area contributed by atoms with E-state index in [4.69, 9.17) is 4.74 Å². The summed E-state index contributed by atoms with van der Waals surface area (Å²) in [6, 6.07) is 13.1.